The summed E-state index contributed by atoms with van der Waals surface area (Å²) in [4.78, 5) is 13.2. The lowest BCUT2D eigenvalue weighted by molar-refractivity contribution is -0.119. The zero-order chi connectivity index (χ0) is 14.5. The molecule has 4 heteroatoms. The summed E-state index contributed by atoms with van der Waals surface area (Å²) in [6.07, 6.45) is 4.92. The highest BCUT2D eigenvalue weighted by Gasteiger charge is 2.22. The van der Waals surface area contributed by atoms with E-state index in [-0.39, 0.29) is 5.91 Å². The maximum Gasteiger partial charge on any atom is 0.230 e. The van der Waals surface area contributed by atoms with Crippen LogP contribution in [0, 0.1) is 12.8 Å². The predicted octanol–water partition coefficient (Wildman–Crippen LogP) is 4.54. The molecule has 110 valence electrons. The van der Waals surface area contributed by atoms with Crippen LogP contribution in [-0.2, 0) is 4.79 Å². The fraction of sp³-hybridized carbons (Fsp3) is 0.562. The zero-order valence-corrected chi connectivity index (χ0v) is 14.5. The molecule has 1 aromatic carbocycles. The number of hydrogen-bond acceptors (Lipinski definition) is 2. The van der Waals surface area contributed by atoms with Gasteiger partial charge in [-0.2, -0.15) is 0 Å². The molecule has 0 spiro atoms. The Morgan fingerprint density at radius 3 is 2.85 bits per heavy atom. The van der Waals surface area contributed by atoms with Crippen molar-refractivity contribution < 1.29 is 4.79 Å². The van der Waals surface area contributed by atoms with E-state index < -0.39 is 0 Å². The van der Waals surface area contributed by atoms with Crippen LogP contribution < -0.4 is 5.32 Å². The number of thioether (sulfide) groups is 1. The summed E-state index contributed by atoms with van der Waals surface area (Å²) in [7, 11) is 0. The van der Waals surface area contributed by atoms with Crippen LogP contribution in [0.25, 0.3) is 0 Å². The van der Waals surface area contributed by atoms with Crippen LogP contribution in [0.1, 0.15) is 38.2 Å². The number of benzene rings is 1. The van der Waals surface area contributed by atoms with Crippen molar-refractivity contribution in [2.45, 2.75) is 50.5 Å². The topological polar surface area (TPSA) is 29.1 Å². The van der Waals surface area contributed by atoms with Gasteiger partial charge in [0.2, 0.25) is 5.91 Å². The number of hydrogen-bond donors (Lipinski definition) is 1. The first-order valence-corrected chi connectivity index (χ1v) is 9.02. The molecule has 1 N–H and O–H groups in total. The van der Waals surface area contributed by atoms with Gasteiger partial charge in [-0.15, -0.1) is 11.8 Å². The van der Waals surface area contributed by atoms with E-state index in [1.165, 1.54) is 29.7 Å². The molecule has 1 amide bonds. The van der Waals surface area contributed by atoms with Gasteiger partial charge in [-0.05, 0) is 49.4 Å². The van der Waals surface area contributed by atoms with Crippen LogP contribution in [0.2, 0.25) is 0 Å². The van der Waals surface area contributed by atoms with Crippen molar-refractivity contribution in [1.29, 1.82) is 0 Å². The molecule has 0 unspecified atom stereocenters. The van der Waals surface area contributed by atoms with Crippen LogP contribution in [0.5, 0.6) is 0 Å². The second-order valence-corrected chi connectivity index (χ2v) is 7.57. The Morgan fingerprint density at radius 1 is 1.40 bits per heavy atom. The Labute approximate surface area is 134 Å². The van der Waals surface area contributed by atoms with E-state index in [0.717, 1.165) is 10.9 Å². The standard InChI is InChI=1S/C16H22BrNOS/c1-11-5-3-4-6-14(11)18-16(19)10-20-15-8-7-13(17)9-12(15)2/h7-9,11,14H,3-6,10H2,1-2H3,(H,18,19)/t11-,14+/m0/s1. The largest absolute Gasteiger partial charge is 0.352 e. The first-order valence-electron chi connectivity index (χ1n) is 7.24. The Balaban J connectivity index is 1.82. The molecule has 1 saturated carbocycles. The second kappa shape index (κ2) is 7.51. The molecule has 0 aliphatic heterocycles. The molecule has 0 saturated heterocycles. The maximum atomic E-state index is 12.1. The van der Waals surface area contributed by atoms with Gasteiger partial charge in [0.1, 0.15) is 0 Å². The number of rotatable bonds is 4. The summed E-state index contributed by atoms with van der Waals surface area (Å²) in [5.74, 6) is 1.29. The van der Waals surface area contributed by atoms with Crippen LogP contribution >= 0.6 is 27.7 Å². The SMILES string of the molecule is Cc1cc(Br)ccc1SCC(=O)N[C@@H]1CCCC[C@@H]1C. The summed E-state index contributed by atoms with van der Waals surface area (Å²) in [6.45, 7) is 4.32. The lowest BCUT2D eigenvalue weighted by atomic mass is 9.86. The van der Waals surface area contributed by atoms with E-state index in [9.17, 15) is 4.79 Å². The van der Waals surface area contributed by atoms with Crippen molar-refractivity contribution in [3.63, 3.8) is 0 Å². The third-order valence-corrected chi connectivity index (χ3v) is 5.62. The Hall–Kier alpha value is -0.480. The molecular formula is C16H22BrNOS. The predicted molar refractivity (Wildman–Crippen MR) is 89.2 cm³/mol. The van der Waals surface area contributed by atoms with Crippen molar-refractivity contribution in [2.24, 2.45) is 5.92 Å². The van der Waals surface area contributed by atoms with E-state index in [0.29, 0.717) is 17.7 Å². The molecule has 0 radical (unpaired) electrons. The maximum absolute atomic E-state index is 12.1. The third kappa shape index (κ3) is 4.52. The van der Waals surface area contributed by atoms with Gasteiger partial charge in [-0.3, -0.25) is 4.79 Å². The van der Waals surface area contributed by atoms with Gasteiger partial charge in [0.05, 0.1) is 5.75 Å². The first kappa shape index (κ1) is 15.9. The number of nitrogens with one attached hydrogen (secondary N) is 1. The minimum Gasteiger partial charge on any atom is -0.352 e. The average Bonchev–Trinajstić information content (AvgIpc) is 2.40. The van der Waals surface area contributed by atoms with Crippen molar-refractivity contribution in [3.8, 4) is 0 Å². The number of carbonyl (C=O) groups is 1. The molecule has 1 aromatic rings. The highest BCUT2D eigenvalue weighted by molar-refractivity contribution is 9.10. The molecular weight excluding hydrogens is 334 g/mol. The Bertz CT molecular complexity index is 478. The molecule has 2 rings (SSSR count). The van der Waals surface area contributed by atoms with E-state index in [1.807, 2.05) is 6.07 Å². The van der Waals surface area contributed by atoms with E-state index in [4.69, 9.17) is 0 Å². The Kier molecular flexibility index (Phi) is 5.97. The van der Waals surface area contributed by atoms with E-state index >= 15 is 0 Å². The monoisotopic (exact) mass is 355 g/mol. The molecule has 1 fully saturated rings. The molecule has 0 bridgehead atoms. The van der Waals surface area contributed by atoms with Gasteiger partial charge in [-0.25, -0.2) is 0 Å². The average molecular weight is 356 g/mol. The molecule has 1 aliphatic rings. The summed E-state index contributed by atoms with van der Waals surface area (Å²) >= 11 is 5.08. The van der Waals surface area contributed by atoms with Gasteiger partial charge in [0.25, 0.3) is 0 Å². The normalized spacial score (nSPS) is 22.6. The molecule has 2 nitrogen and oxygen atoms in total. The Morgan fingerprint density at radius 2 is 2.15 bits per heavy atom. The van der Waals surface area contributed by atoms with Gasteiger partial charge in [0.15, 0.2) is 0 Å². The van der Waals surface area contributed by atoms with E-state index in [2.05, 4.69) is 47.2 Å². The smallest absolute Gasteiger partial charge is 0.230 e. The molecule has 1 aliphatic carbocycles. The lowest BCUT2D eigenvalue weighted by Crippen LogP contribution is -2.41. The minimum atomic E-state index is 0.163. The van der Waals surface area contributed by atoms with Crippen LogP contribution in [0.15, 0.2) is 27.6 Å². The fourth-order valence-corrected chi connectivity index (χ4v) is 3.99. The fourth-order valence-electron chi connectivity index (χ4n) is 2.70. The number of carbonyl (C=O) groups excluding carboxylic acids is 1. The summed E-state index contributed by atoms with van der Waals surface area (Å²) < 4.78 is 1.08. The van der Waals surface area contributed by atoms with Crippen molar-refractivity contribution >= 4 is 33.6 Å². The quantitative estimate of drug-likeness (QED) is 0.803. The highest BCUT2D eigenvalue weighted by atomic mass is 79.9. The summed E-state index contributed by atoms with van der Waals surface area (Å²) in [6, 6.07) is 6.56. The van der Waals surface area contributed by atoms with Crippen LogP contribution in [-0.4, -0.2) is 17.7 Å². The lowest BCUT2D eigenvalue weighted by Gasteiger charge is -2.29. The van der Waals surface area contributed by atoms with E-state index in [1.54, 1.807) is 11.8 Å². The third-order valence-electron chi connectivity index (χ3n) is 3.95. The van der Waals surface area contributed by atoms with Crippen molar-refractivity contribution in [2.75, 3.05) is 5.75 Å². The molecule has 0 heterocycles. The van der Waals surface area contributed by atoms with Gasteiger partial charge in [0, 0.05) is 15.4 Å². The van der Waals surface area contributed by atoms with Crippen LogP contribution in [0.4, 0.5) is 0 Å². The van der Waals surface area contributed by atoms with Gasteiger partial charge in [-0.1, -0.05) is 35.7 Å². The van der Waals surface area contributed by atoms with Crippen molar-refractivity contribution in [3.05, 3.63) is 28.2 Å². The highest BCUT2D eigenvalue weighted by Crippen LogP contribution is 2.26. The molecule has 2 atom stereocenters. The minimum absolute atomic E-state index is 0.163. The summed E-state index contributed by atoms with van der Waals surface area (Å²) in [5.41, 5.74) is 1.21. The van der Waals surface area contributed by atoms with Crippen molar-refractivity contribution in [1.82, 2.24) is 5.32 Å². The first-order chi connectivity index (χ1) is 9.56. The number of aryl methyl sites for hydroxylation is 1. The molecule has 20 heavy (non-hydrogen) atoms. The summed E-state index contributed by atoms with van der Waals surface area (Å²) in [5, 5.41) is 3.20. The molecule has 0 aromatic heterocycles. The van der Waals surface area contributed by atoms with Gasteiger partial charge >= 0.3 is 0 Å². The second-order valence-electron chi connectivity index (χ2n) is 5.63. The number of amides is 1. The number of halogens is 1. The van der Waals surface area contributed by atoms with Crippen LogP contribution in [0.3, 0.4) is 0 Å². The zero-order valence-electron chi connectivity index (χ0n) is 12.1. The van der Waals surface area contributed by atoms with Gasteiger partial charge < -0.3 is 5.32 Å².